The Bertz CT molecular complexity index is 1030. The molecule has 0 aliphatic carbocycles. The summed E-state index contributed by atoms with van der Waals surface area (Å²) in [7, 11) is 0. The number of aromatic amines is 1. The van der Waals surface area contributed by atoms with Gasteiger partial charge in [-0.2, -0.15) is 0 Å². The van der Waals surface area contributed by atoms with Crippen LogP contribution in [0.5, 0.6) is 11.5 Å². The Labute approximate surface area is 161 Å². The van der Waals surface area contributed by atoms with Gasteiger partial charge in [0.1, 0.15) is 0 Å². The van der Waals surface area contributed by atoms with Gasteiger partial charge in [0.05, 0.1) is 6.42 Å². The summed E-state index contributed by atoms with van der Waals surface area (Å²) < 4.78 is 15.9. The molecule has 0 saturated carbocycles. The van der Waals surface area contributed by atoms with Gasteiger partial charge in [-0.25, -0.2) is 0 Å². The third kappa shape index (κ3) is 3.78. The van der Waals surface area contributed by atoms with Crippen LogP contribution in [-0.4, -0.2) is 29.8 Å². The van der Waals surface area contributed by atoms with Gasteiger partial charge in [-0.3, -0.25) is 9.59 Å². The van der Waals surface area contributed by atoms with E-state index in [9.17, 15) is 9.59 Å². The van der Waals surface area contributed by atoms with Gasteiger partial charge >= 0.3 is 5.97 Å². The molecule has 0 bridgehead atoms. The molecule has 4 rings (SSSR count). The van der Waals surface area contributed by atoms with Gasteiger partial charge in [0.25, 0.3) is 5.91 Å². The number of hydrogen-bond acceptors (Lipinski definition) is 5. The lowest BCUT2D eigenvalue weighted by Crippen LogP contribution is -2.35. The topological polar surface area (TPSA) is 89.7 Å². The van der Waals surface area contributed by atoms with Crippen molar-refractivity contribution in [1.29, 1.82) is 0 Å². The van der Waals surface area contributed by atoms with Crippen LogP contribution in [0.4, 0.5) is 0 Å². The van der Waals surface area contributed by atoms with Crippen molar-refractivity contribution in [3.8, 4) is 11.5 Å². The molecule has 144 valence electrons. The van der Waals surface area contributed by atoms with E-state index >= 15 is 0 Å². The molecule has 1 aromatic heterocycles. The average molecular weight is 380 g/mol. The van der Waals surface area contributed by atoms with E-state index in [1.54, 1.807) is 19.2 Å². The molecule has 0 saturated heterocycles. The van der Waals surface area contributed by atoms with Gasteiger partial charge in [-0.15, -0.1) is 0 Å². The van der Waals surface area contributed by atoms with Gasteiger partial charge < -0.3 is 24.5 Å². The van der Waals surface area contributed by atoms with Crippen molar-refractivity contribution in [3.05, 3.63) is 59.8 Å². The average Bonchev–Trinajstić information content (AvgIpc) is 3.32. The quantitative estimate of drug-likeness (QED) is 0.642. The first-order valence-electron chi connectivity index (χ1n) is 9.01. The number of fused-ring (bicyclic) bond motifs is 2. The molecular formula is C21H20N2O5. The molecule has 3 aromatic rings. The van der Waals surface area contributed by atoms with Crippen molar-refractivity contribution in [3.63, 3.8) is 0 Å². The van der Waals surface area contributed by atoms with Crippen molar-refractivity contribution < 1.29 is 23.8 Å². The maximum atomic E-state index is 12.2. The Morgan fingerprint density at radius 2 is 2.00 bits per heavy atom. The lowest BCUT2D eigenvalue weighted by Gasteiger charge is -2.13. The predicted molar refractivity (Wildman–Crippen MR) is 102 cm³/mol. The zero-order valence-corrected chi connectivity index (χ0v) is 15.4. The number of rotatable bonds is 6. The van der Waals surface area contributed by atoms with Gasteiger partial charge in [0.2, 0.25) is 6.79 Å². The molecule has 0 unspecified atom stereocenters. The minimum Gasteiger partial charge on any atom is -0.454 e. The summed E-state index contributed by atoms with van der Waals surface area (Å²) in [4.78, 5) is 27.6. The SMILES string of the molecule is C[C@H](OC(=O)Cc1c[nH]c2ccccc12)C(=O)NCc1ccc2c(c1)OCO2. The van der Waals surface area contributed by atoms with E-state index in [2.05, 4.69) is 10.3 Å². The number of para-hydroxylation sites is 1. The van der Waals surface area contributed by atoms with Gasteiger partial charge in [0.15, 0.2) is 17.6 Å². The molecule has 2 aromatic carbocycles. The van der Waals surface area contributed by atoms with E-state index in [1.165, 1.54) is 0 Å². The maximum absolute atomic E-state index is 12.2. The van der Waals surface area contributed by atoms with Gasteiger partial charge in [0, 0.05) is 23.6 Å². The normalized spacial score (nSPS) is 13.3. The third-order valence-electron chi connectivity index (χ3n) is 4.59. The van der Waals surface area contributed by atoms with Crippen LogP contribution in [0.2, 0.25) is 0 Å². The zero-order chi connectivity index (χ0) is 19.5. The Balaban J connectivity index is 1.29. The van der Waals surface area contributed by atoms with Crippen LogP contribution >= 0.6 is 0 Å². The van der Waals surface area contributed by atoms with Crippen LogP contribution in [0.1, 0.15) is 18.1 Å². The van der Waals surface area contributed by atoms with Crippen molar-refractivity contribution >= 4 is 22.8 Å². The van der Waals surface area contributed by atoms with E-state index in [4.69, 9.17) is 14.2 Å². The van der Waals surface area contributed by atoms with E-state index in [1.807, 2.05) is 36.4 Å². The van der Waals surface area contributed by atoms with Crippen LogP contribution in [0.25, 0.3) is 10.9 Å². The molecule has 7 heteroatoms. The number of amides is 1. The van der Waals surface area contributed by atoms with Crippen molar-refractivity contribution in [2.24, 2.45) is 0 Å². The molecule has 7 nitrogen and oxygen atoms in total. The minimum absolute atomic E-state index is 0.101. The highest BCUT2D eigenvalue weighted by atomic mass is 16.7. The molecule has 1 atom stereocenters. The maximum Gasteiger partial charge on any atom is 0.311 e. The van der Waals surface area contributed by atoms with Crippen molar-refractivity contribution in [2.75, 3.05) is 6.79 Å². The van der Waals surface area contributed by atoms with Crippen LogP contribution in [0.3, 0.4) is 0 Å². The molecule has 0 fully saturated rings. The third-order valence-corrected chi connectivity index (χ3v) is 4.59. The highest BCUT2D eigenvalue weighted by Gasteiger charge is 2.19. The van der Waals surface area contributed by atoms with Crippen LogP contribution in [0.15, 0.2) is 48.7 Å². The fourth-order valence-corrected chi connectivity index (χ4v) is 3.11. The van der Waals surface area contributed by atoms with E-state index in [0.29, 0.717) is 18.0 Å². The number of H-pyrrole nitrogens is 1. The molecular weight excluding hydrogens is 360 g/mol. The number of carbonyl (C=O) groups is 2. The first-order chi connectivity index (χ1) is 13.6. The molecule has 1 aliphatic heterocycles. The fourth-order valence-electron chi connectivity index (χ4n) is 3.11. The standard InChI is InChI=1S/C21H20N2O5/c1-13(21(25)23-10-14-6-7-18-19(8-14)27-12-26-18)28-20(24)9-15-11-22-17-5-3-2-4-16(15)17/h2-8,11,13,22H,9-10,12H2,1H3,(H,23,25)/t13-/m0/s1. The van der Waals surface area contributed by atoms with E-state index < -0.39 is 12.1 Å². The summed E-state index contributed by atoms with van der Waals surface area (Å²) >= 11 is 0. The lowest BCUT2D eigenvalue weighted by atomic mass is 10.1. The largest absolute Gasteiger partial charge is 0.454 e. The molecule has 2 N–H and O–H groups in total. The number of aromatic nitrogens is 1. The van der Waals surface area contributed by atoms with E-state index in [0.717, 1.165) is 22.0 Å². The number of esters is 1. The number of ether oxygens (including phenoxy) is 3. The second-order valence-electron chi connectivity index (χ2n) is 6.57. The zero-order valence-electron chi connectivity index (χ0n) is 15.4. The Kier molecular flexibility index (Phi) is 4.89. The first-order valence-corrected chi connectivity index (χ1v) is 9.01. The van der Waals surface area contributed by atoms with Crippen molar-refractivity contribution in [1.82, 2.24) is 10.3 Å². The summed E-state index contributed by atoms with van der Waals surface area (Å²) in [6.07, 6.45) is 1.01. The summed E-state index contributed by atoms with van der Waals surface area (Å²) in [6, 6.07) is 13.2. The summed E-state index contributed by atoms with van der Waals surface area (Å²) in [5.41, 5.74) is 2.67. The smallest absolute Gasteiger partial charge is 0.311 e. The molecule has 0 spiro atoms. The Hall–Kier alpha value is -3.48. The van der Waals surface area contributed by atoms with Crippen LogP contribution in [0, 0.1) is 0 Å². The lowest BCUT2D eigenvalue weighted by molar-refractivity contribution is -0.154. The summed E-state index contributed by atoms with van der Waals surface area (Å²) in [6.45, 7) is 2.07. The fraction of sp³-hybridized carbons (Fsp3) is 0.238. The minimum atomic E-state index is -0.883. The predicted octanol–water partition coefficient (Wildman–Crippen LogP) is 2.69. The summed E-state index contributed by atoms with van der Waals surface area (Å²) in [5, 5.41) is 3.74. The number of hydrogen-bond donors (Lipinski definition) is 2. The Morgan fingerprint density at radius 3 is 2.89 bits per heavy atom. The highest BCUT2D eigenvalue weighted by molar-refractivity contribution is 5.88. The number of nitrogens with one attached hydrogen (secondary N) is 2. The second-order valence-corrected chi connectivity index (χ2v) is 6.57. The molecule has 28 heavy (non-hydrogen) atoms. The molecule has 1 aliphatic rings. The number of carbonyl (C=O) groups excluding carboxylic acids is 2. The van der Waals surface area contributed by atoms with Crippen molar-refractivity contribution in [2.45, 2.75) is 26.0 Å². The highest BCUT2D eigenvalue weighted by Crippen LogP contribution is 2.32. The van der Waals surface area contributed by atoms with E-state index in [-0.39, 0.29) is 19.1 Å². The molecule has 1 amide bonds. The van der Waals surface area contributed by atoms with Crippen LogP contribution in [-0.2, 0) is 27.3 Å². The summed E-state index contributed by atoms with van der Waals surface area (Å²) in [5.74, 6) is 0.542. The first kappa shape index (κ1) is 17.9. The second kappa shape index (κ2) is 7.64. The van der Waals surface area contributed by atoms with Gasteiger partial charge in [-0.05, 0) is 36.2 Å². The Morgan fingerprint density at radius 1 is 1.18 bits per heavy atom. The molecule has 0 radical (unpaired) electrons. The monoisotopic (exact) mass is 380 g/mol. The van der Waals surface area contributed by atoms with Gasteiger partial charge in [-0.1, -0.05) is 24.3 Å². The molecule has 2 heterocycles. The number of benzene rings is 2. The van der Waals surface area contributed by atoms with Crippen LogP contribution < -0.4 is 14.8 Å².